The van der Waals surface area contributed by atoms with Gasteiger partial charge >= 0.3 is 0 Å². The van der Waals surface area contributed by atoms with E-state index in [1.54, 1.807) is 12.5 Å². The van der Waals surface area contributed by atoms with E-state index in [9.17, 15) is 0 Å². The number of hydrogen-bond acceptors (Lipinski definition) is 3. The summed E-state index contributed by atoms with van der Waals surface area (Å²) in [6.45, 7) is 1.70. The Morgan fingerprint density at radius 3 is 3.18 bits per heavy atom. The van der Waals surface area contributed by atoms with Crippen LogP contribution in [-0.4, -0.2) is 21.3 Å². The maximum Gasteiger partial charge on any atom is 0.0945 e. The van der Waals surface area contributed by atoms with Crippen LogP contribution >= 0.6 is 12.2 Å². The predicted octanol–water partition coefficient (Wildman–Crippen LogP) is 1.38. The molecule has 0 bridgehead atoms. The van der Waals surface area contributed by atoms with Gasteiger partial charge in [-0.2, -0.15) is 0 Å². The third-order valence-corrected chi connectivity index (χ3v) is 1.44. The van der Waals surface area contributed by atoms with Gasteiger partial charge in [0, 0.05) is 18.9 Å². The Bertz CT molecular complexity index is 236. The molecule has 1 rings (SSSR count). The fraction of sp³-hybridized carbons (Fsp3) is 0.429. The van der Waals surface area contributed by atoms with Crippen molar-refractivity contribution < 1.29 is 0 Å². The standard InChI is InChI=1S/C7H9N3S/c11-7-9-2-1-4-10-5-3-8-6-10/h3,5-6H,1-2,4H2. The van der Waals surface area contributed by atoms with Crippen molar-refractivity contribution in [2.75, 3.05) is 6.54 Å². The zero-order chi connectivity index (χ0) is 7.94. The van der Waals surface area contributed by atoms with Gasteiger partial charge in [-0.3, -0.25) is 0 Å². The van der Waals surface area contributed by atoms with Gasteiger partial charge in [0.1, 0.15) is 0 Å². The molecule has 0 radical (unpaired) electrons. The Morgan fingerprint density at radius 1 is 1.64 bits per heavy atom. The van der Waals surface area contributed by atoms with Crippen LogP contribution in [-0.2, 0) is 6.54 Å². The van der Waals surface area contributed by atoms with Crippen LogP contribution in [0, 0.1) is 0 Å². The zero-order valence-electron chi connectivity index (χ0n) is 6.10. The van der Waals surface area contributed by atoms with Crippen molar-refractivity contribution in [3.63, 3.8) is 0 Å². The molecule has 0 spiro atoms. The Labute approximate surface area is 70.8 Å². The van der Waals surface area contributed by atoms with Gasteiger partial charge in [-0.1, -0.05) is 0 Å². The second kappa shape index (κ2) is 4.77. The number of aliphatic imine (C=N–C) groups is 1. The number of aromatic nitrogens is 2. The third kappa shape index (κ3) is 3.07. The summed E-state index contributed by atoms with van der Waals surface area (Å²) in [7, 11) is 0. The smallest absolute Gasteiger partial charge is 0.0945 e. The number of nitrogens with zero attached hydrogens (tertiary/aromatic N) is 3. The molecule has 0 saturated carbocycles. The summed E-state index contributed by atoms with van der Waals surface area (Å²) in [4.78, 5) is 7.72. The first-order valence-electron chi connectivity index (χ1n) is 3.43. The lowest BCUT2D eigenvalue weighted by atomic mass is 10.4. The molecule has 3 nitrogen and oxygen atoms in total. The quantitative estimate of drug-likeness (QED) is 0.385. The minimum absolute atomic E-state index is 0.752. The first-order valence-corrected chi connectivity index (χ1v) is 3.83. The van der Waals surface area contributed by atoms with Crippen LogP contribution in [0.25, 0.3) is 0 Å². The van der Waals surface area contributed by atoms with Crippen molar-refractivity contribution in [3.05, 3.63) is 18.7 Å². The van der Waals surface area contributed by atoms with E-state index in [0.29, 0.717) is 0 Å². The van der Waals surface area contributed by atoms with Crippen molar-refractivity contribution in [1.29, 1.82) is 0 Å². The van der Waals surface area contributed by atoms with Gasteiger partial charge < -0.3 is 4.57 Å². The zero-order valence-corrected chi connectivity index (χ0v) is 6.92. The van der Waals surface area contributed by atoms with Crippen LogP contribution in [0.15, 0.2) is 23.7 Å². The second-order valence-corrected chi connectivity index (χ2v) is 2.31. The molecule has 1 aromatic heterocycles. The molecule has 1 aromatic rings. The van der Waals surface area contributed by atoms with Gasteiger partial charge in [0.25, 0.3) is 0 Å². The van der Waals surface area contributed by atoms with Gasteiger partial charge in [0.2, 0.25) is 0 Å². The number of thiocarbonyl (C=S) groups is 1. The van der Waals surface area contributed by atoms with E-state index in [4.69, 9.17) is 0 Å². The van der Waals surface area contributed by atoms with E-state index in [1.165, 1.54) is 0 Å². The molecule has 1 heterocycles. The molecule has 0 aliphatic rings. The lowest BCUT2D eigenvalue weighted by Crippen LogP contribution is -1.95. The first kappa shape index (κ1) is 8.11. The van der Waals surface area contributed by atoms with Crippen LogP contribution in [0.1, 0.15) is 6.42 Å². The van der Waals surface area contributed by atoms with Crippen LogP contribution in [0.4, 0.5) is 0 Å². The van der Waals surface area contributed by atoms with E-state index in [-0.39, 0.29) is 0 Å². The number of rotatable bonds is 4. The minimum Gasteiger partial charge on any atom is -0.337 e. The highest BCUT2D eigenvalue weighted by molar-refractivity contribution is 7.78. The highest BCUT2D eigenvalue weighted by Gasteiger charge is 1.87. The Hall–Kier alpha value is -0.990. The molecule has 0 fully saturated rings. The van der Waals surface area contributed by atoms with Crippen molar-refractivity contribution in [3.8, 4) is 0 Å². The molecule has 0 amide bonds. The molecule has 11 heavy (non-hydrogen) atoms. The van der Waals surface area contributed by atoms with E-state index in [1.807, 2.05) is 10.8 Å². The second-order valence-electron chi connectivity index (χ2n) is 2.13. The number of hydrogen-bond donors (Lipinski definition) is 0. The summed E-state index contributed by atoms with van der Waals surface area (Å²) in [5.41, 5.74) is 0. The number of imidazole rings is 1. The van der Waals surface area contributed by atoms with Crippen LogP contribution in [0.2, 0.25) is 0 Å². The van der Waals surface area contributed by atoms with E-state index in [0.717, 1.165) is 19.5 Å². The summed E-state index contributed by atoms with van der Waals surface area (Å²) in [6.07, 6.45) is 6.48. The Kier molecular flexibility index (Phi) is 3.52. The van der Waals surface area contributed by atoms with Gasteiger partial charge in [0.15, 0.2) is 0 Å². The van der Waals surface area contributed by atoms with Gasteiger partial charge in [-0.15, -0.1) is 0 Å². The maximum atomic E-state index is 4.43. The van der Waals surface area contributed by atoms with Gasteiger partial charge in [0.05, 0.1) is 18.0 Å². The lowest BCUT2D eigenvalue weighted by Gasteiger charge is -1.96. The minimum atomic E-state index is 0.752. The van der Waals surface area contributed by atoms with Crippen molar-refractivity contribution in [2.24, 2.45) is 4.99 Å². The summed E-state index contributed by atoms with van der Waals surface area (Å²) < 4.78 is 2.01. The molecule has 0 atom stereocenters. The predicted molar refractivity (Wildman–Crippen MR) is 46.7 cm³/mol. The SMILES string of the molecule is S=C=NCCCn1ccnc1. The van der Waals surface area contributed by atoms with Crippen LogP contribution in [0.3, 0.4) is 0 Å². The van der Waals surface area contributed by atoms with E-state index in [2.05, 4.69) is 27.4 Å². The molecule has 0 aliphatic heterocycles. The summed E-state index contributed by atoms with van der Waals surface area (Å²) in [5.74, 6) is 0. The topological polar surface area (TPSA) is 30.2 Å². The molecule has 58 valence electrons. The molecular formula is C7H9N3S. The fourth-order valence-corrected chi connectivity index (χ4v) is 0.888. The normalized spacial score (nSPS) is 9.09. The van der Waals surface area contributed by atoms with Crippen molar-refractivity contribution in [1.82, 2.24) is 9.55 Å². The lowest BCUT2D eigenvalue weighted by molar-refractivity contribution is 0.652. The largest absolute Gasteiger partial charge is 0.337 e. The highest BCUT2D eigenvalue weighted by Crippen LogP contribution is 1.89. The maximum absolute atomic E-state index is 4.43. The molecule has 4 heteroatoms. The summed E-state index contributed by atoms with van der Waals surface area (Å²) in [6, 6.07) is 0. The number of isothiocyanates is 1. The van der Waals surface area contributed by atoms with Crippen molar-refractivity contribution in [2.45, 2.75) is 13.0 Å². The fourth-order valence-electron chi connectivity index (χ4n) is 0.797. The molecular weight excluding hydrogens is 158 g/mol. The average Bonchev–Trinajstić information content (AvgIpc) is 2.50. The van der Waals surface area contributed by atoms with Gasteiger partial charge in [-0.25, -0.2) is 9.98 Å². The van der Waals surface area contributed by atoms with Crippen LogP contribution < -0.4 is 0 Å². The monoisotopic (exact) mass is 167 g/mol. The number of aryl methyl sites for hydroxylation is 1. The van der Waals surface area contributed by atoms with E-state index < -0.39 is 0 Å². The molecule has 0 aromatic carbocycles. The Morgan fingerprint density at radius 2 is 2.55 bits per heavy atom. The first-order chi connectivity index (χ1) is 5.43. The average molecular weight is 167 g/mol. The third-order valence-electron chi connectivity index (χ3n) is 1.31. The van der Waals surface area contributed by atoms with Gasteiger partial charge in [-0.05, 0) is 18.6 Å². The van der Waals surface area contributed by atoms with Crippen molar-refractivity contribution >= 4 is 17.4 Å². The molecule has 0 N–H and O–H groups in total. The summed E-state index contributed by atoms with van der Waals surface area (Å²) in [5, 5.41) is 2.33. The summed E-state index contributed by atoms with van der Waals surface area (Å²) >= 11 is 4.43. The molecule has 0 saturated heterocycles. The highest BCUT2D eigenvalue weighted by atomic mass is 32.1. The van der Waals surface area contributed by atoms with Crippen LogP contribution in [0.5, 0.6) is 0 Å². The molecule has 0 aliphatic carbocycles. The molecule has 0 unspecified atom stereocenters. The van der Waals surface area contributed by atoms with E-state index >= 15 is 0 Å². The Balaban J connectivity index is 2.18.